The second-order valence-corrected chi connectivity index (χ2v) is 12.3. The highest BCUT2D eigenvalue weighted by atomic mass is 16.5. The summed E-state index contributed by atoms with van der Waals surface area (Å²) < 4.78 is 7.60. The number of carbonyl (C=O) groups excluding carboxylic acids is 2. The first-order valence-corrected chi connectivity index (χ1v) is 16.9. The largest absolute Gasteiger partial charge is 0.444 e. The lowest BCUT2D eigenvalue weighted by Gasteiger charge is -2.23. The Kier molecular flexibility index (Phi) is 11.9. The van der Waals surface area contributed by atoms with E-state index >= 15 is 0 Å². The molecule has 0 aliphatic rings. The molecule has 2 amide bonds. The third-order valence-electron chi connectivity index (χ3n) is 9.05. The van der Waals surface area contributed by atoms with Crippen LogP contribution in [0.3, 0.4) is 0 Å². The summed E-state index contributed by atoms with van der Waals surface area (Å²) >= 11 is 0. The van der Waals surface area contributed by atoms with Crippen LogP contribution in [0.25, 0.3) is 11.1 Å². The summed E-state index contributed by atoms with van der Waals surface area (Å²) in [5.74, 6) is 0.536. The summed E-state index contributed by atoms with van der Waals surface area (Å²) in [5.41, 5.74) is 9.00. The van der Waals surface area contributed by atoms with Crippen LogP contribution >= 0.6 is 0 Å². The van der Waals surface area contributed by atoms with Gasteiger partial charge in [0.2, 0.25) is 5.95 Å². The Hall–Kier alpha value is -5.55. The Bertz CT molecular complexity index is 1900. The van der Waals surface area contributed by atoms with E-state index in [2.05, 4.69) is 95.6 Å². The van der Waals surface area contributed by atoms with Gasteiger partial charge in [-0.1, -0.05) is 38.1 Å². The van der Waals surface area contributed by atoms with Gasteiger partial charge in [0.25, 0.3) is 5.91 Å². The molecule has 11 heteroatoms. The minimum Gasteiger partial charge on any atom is -0.444 e. The lowest BCUT2D eigenvalue weighted by Crippen LogP contribution is -2.36. The fraction of sp³-hybridized carbons (Fsp3) is 0.308. The Labute approximate surface area is 294 Å². The van der Waals surface area contributed by atoms with Gasteiger partial charge >= 0.3 is 6.09 Å². The molecule has 11 nitrogen and oxygen atoms in total. The van der Waals surface area contributed by atoms with Gasteiger partial charge in [-0.05, 0) is 115 Å². The van der Waals surface area contributed by atoms with Crippen LogP contribution in [0.2, 0.25) is 0 Å². The average molecular weight is 675 g/mol. The number of likely N-dealkylation sites (N-methyl/N-ethyl adjacent to an activating group) is 2. The Balaban J connectivity index is 1.22. The molecule has 3 aromatic carbocycles. The minimum atomic E-state index is -0.636. The quantitative estimate of drug-likeness (QED) is 0.127. The molecule has 5 rings (SSSR count). The summed E-state index contributed by atoms with van der Waals surface area (Å²) in [7, 11) is 1.82. The van der Waals surface area contributed by atoms with Gasteiger partial charge < -0.3 is 19.9 Å². The molecule has 2 aromatic heterocycles. The molecule has 0 unspecified atom stereocenters. The van der Waals surface area contributed by atoms with Crippen molar-refractivity contribution in [2.45, 2.75) is 47.8 Å². The van der Waals surface area contributed by atoms with E-state index in [-0.39, 0.29) is 24.3 Å². The molecule has 0 aliphatic heterocycles. The van der Waals surface area contributed by atoms with Crippen molar-refractivity contribution in [1.82, 2.24) is 29.5 Å². The number of hydrogen-bond acceptors (Lipinski definition) is 8. The first-order chi connectivity index (χ1) is 24.1. The van der Waals surface area contributed by atoms with Crippen LogP contribution in [-0.4, -0.2) is 74.8 Å². The molecule has 0 aliphatic carbocycles. The predicted octanol–water partition coefficient (Wildman–Crippen LogP) is 7.22. The average Bonchev–Trinajstić information content (AvgIpc) is 3.64. The van der Waals surface area contributed by atoms with E-state index in [9.17, 15) is 9.59 Å². The van der Waals surface area contributed by atoms with Gasteiger partial charge in [0.05, 0.1) is 6.54 Å². The molecule has 0 fully saturated rings. The zero-order valence-electron chi connectivity index (χ0n) is 29.7. The van der Waals surface area contributed by atoms with E-state index < -0.39 is 6.09 Å². The lowest BCUT2D eigenvalue weighted by atomic mass is 9.91. The van der Waals surface area contributed by atoms with Crippen molar-refractivity contribution in [2.24, 2.45) is 0 Å². The summed E-state index contributed by atoms with van der Waals surface area (Å²) in [4.78, 5) is 38.7. The Morgan fingerprint density at radius 3 is 2.36 bits per heavy atom. The Morgan fingerprint density at radius 1 is 0.880 bits per heavy atom. The first-order valence-electron chi connectivity index (χ1n) is 16.9. The van der Waals surface area contributed by atoms with Crippen LogP contribution in [0.15, 0.2) is 85.3 Å². The molecule has 2 N–H and O–H groups in total. The van der Waals surface area contributed by atoms with Crippen molar-refractivity contribution in [3.05, 3.63) is 119 Å². The summed E-state index contributed by atoms with van der Waals surface area (Å²) in [6.07, 6.45) is 4.58. The van der Waals surface area contributed by atoms with Crippen LogP contribution in [0.5, 0.6) is 0 Å². The van der Waals surface area contributed by atoms with Crippen molar-refractivity contribution in [3.63, 3.8) is 0 Å². The van der Waals surface area contributed by atoms with Crippen LogP contribution in [0, 0.1) is 20.8 Å². The predicted molar refractivity (Wildman–Crippen MR) is 198 cm³/mol. The molecule has 50 heavy (non-hydrogen) atoms. The van der Waals surface area contributed by atoms with Gasteiger partial charge in [0.15, 0.2) is 0 Å². The number of aromatic nitrogens is 4. The smallest absolute Gasteiger partial charge is 0.413 e. The normalized spacial score (nSPS) is 11.0. The van der Waals surface area contributed by atoms with Crippen molar-refractivity contribution < 1.29 is 14.3 Å². The van der Waals surface area contributed by atoms with Gasteiger partial charge in [-0.2, -0.15) is 10.1 Å². The van der Waals surface area contributed by atoms with Gasteiger partial charge in [0.1, 0.15) is 12.4 Å². The number of nitrogens with zero attached hydrogens (tertiary/aromatic N) is 6. The first kappa shape index (κ1) is 35.7. The highest BCUT2D eigenvalue weighted by Crippen LogP contribution is 2.31. The molecular weight excluding hydrogens is 628 g/mol. The molecular formula is C39H46N8O3. The van der Waals surface area contributed by atoms with E-state index in [0.29, 0.717) is 24.3 Å². The fourth-order valence-corrected chi connectivity index (χ4v) is 5.71. The van der Waals surface area contributed by atoms with Crippen LogP contribution < -0.4 is 10.6 Å². The number of amides is 2. The number of carbonyl (C=O) groups is 2. The standard InChI is InChI=1S/C39H46N8O3/c1-7-46(8-2)23-22-45(6)37(48)31-12-14-33(15-13-31)42-38-40-20-18-36(43-38)44-39(49)50-26-32-24-30(25-47-21-9-19-41-47)11-17-35(32)34-16-10-27(3)28(4)29(34)5/h9-21,24H,7-8,22-23,25-26H2,1-6H3,(H2,40,42,43,44,49). The molecule has 0 saturated carbocycles. The summed E-state index contributed by atoms with van der Waals surface area (Å²) in [6, 6.07) is 21.1. The second-order valence-electron chi connectivity index (χ2n) is 12.3. The van der Waals surface area contributed by atoms with Crippen LogP contribution in [0.4, 0.5) is 22.2 Å². The second kappa shape index (κ2) is 16.7. The molecule has 2 heterocycles. The number of aryl methyl sites for hydroxylation is 1. The SMILES string of the molecule is CCN(CC)CCN(C)C(=O)c1ccc(Nc2nccc(NC(=O)OCc3cc(Cn4cccn4)ccc3-c3ccc(C)c(C)c3C)n2)cc1. The molecule has 5 aromatic rings. The number of nitrogens with one attached hydrogen (secondary N) is 2. The van der Waals surface area contributed by atoms with Crippen LogP contribution in [0.1, 0.15) is 52.0 Å². The van der Waals surface area contributed by atoms with Crippen molar-refractivity contribution >= 4 is 29.5 Å². The third-order valence-corrected chi connectivity index (χ3v) is 9.05. The molecule has 0 atom stereocenters. The van der Waals surface area contributed by atoms with E-state index in [1.165, 1.54) is 16.7 Å². The van der Waals surface area contributed by atoms with Gasteiger partial charge in [-0.3, -0.25) is 14.8 Å². The molecule has 0 bridgehead atoms. The van der Waals surface area contributed by atoms with E-state index in [0.717, 1.165) is 41.9 Å². The van der Waals surface area contributed by atoms with Crippen molar-refractivity contribution in [3.8, 4) is 11.1 Å². The summed E-state index contributed by atoms with van der Waals surface area (Å²) in [6.45, 7) is 14.6. The third kappa shape index (κ3) is 9.12. The number of hydrogen-bond donors (Lipinski definition) is 2. The fourth-order valence-electron chi connectivity index (χ4n) is 5.71. The topological polar surface area (TPSA) is 118 Å². The van der Waals surface area contributed by atoms with Crippen LogP contribution in [-0.2, 0) is 17.9 Å². The van der Waals surface area contributed by atoms with Gasteiger partial charge in [0, 0.05) is 50.0 Å². The number of benzene rings is 3. The highest BCUT2D eigenvalue weighted by molar-refractivity contribution is 5.94. The maximum atomic E-state index is 13.0. The van der Waals surface area contributed by atoms with Crippen molar-refractivity contribution in [1.29, 1.82) is 0 Å². The van der Waals surface area contributed by atoms with Gasteiger partial charge in [-0.25, -0.2) is 9.78 Å². The van der Waals surface area contributed by atoms with E-state index in [4.69, 9.17) is 4.74 Å². The minimum absolute atomic E-state index is 0.0365. The highest BCUT2D eigenvalue weighted by Gasteiger charge is 2.15. The number of rotatable bonds is 14. The van der Waals surface area contributed by atoms with Crippen molar-refractivity contribution in [2.75, 3.05) is 43.9 Å². The maximum Gasteiger partial charge on any atom is 0.413 e. The lowest BCUT2D eigenvalue weighted by molar-refractivity contribution is 0.0779. The molecule has 0 radical (unpaired) electrons. The van der Waals surface area contributed by atoms with E-state index in [1.807, 2.05) is 24.0 Å². The monoisotopic (exact) mass is 674 g/mol. The molecule has 0 saturated heterocycles. The maximum absolute atomic E-state index is 13.0. The Morgan fingerprint density at radius 2 is 1.64 bits per heavy atom. The zero-order valence-corrected chi connectivity index (χ0v) is 29.7. The number of anilines is 3. The van der Waals surface area contributed by atoms with Gasteiger partial charge in [-0.15, -0.1) is 0 Å². The molecule has 0 spiro atoms. The molecule has 260 valence electrons. The number of ether oxygens (including phenoxy) is 1. The van der Waals surface area contributed by atoms with E-state index in [1.54, 1.807) is 47.6 Å². The summed E-state index contributed by atoms with van der Waals surface area (Å²) in [5, 5.41) is 10.2. The zero-order chi connectivity index (χ0) is 35.6.